The van der Waals surface area contributed by atoms with Gasteiger partial charge in [0.2, 0.25) is 0 Å². The van der Waals surface area contributed by atoms with Crippen molar-refractivity contribution in [3.63, 3.8) is 0 Å². The number of hydrogen-bond acceptors (Lipinski definition) is 3. The van der Waals surface area contributed by atoms with Crippen molar-refractivity contribution in [3.05, 3.63) is 35.4 Å². The molecule has 0 amide bonds. The van der Waals surface area contributed by atoms with Crippen molar-refractivity contribution < 1.29 is 14.7 Å². The summed E-state index contributed by atoms with van der Waals surface area (Å²) in [5.41, 5.74) is 7.81. The number of carboxylic acid groups (broad SMARTS) is 1. The first-order chi connectivity index (χ1) is 12.1. The molecular formula is C21H31NO3. The van der Waals surface area contributed by atoms with Gasteiger partial charge in [-0.15, -0.1) is 0 Å². The Morgan fingerprint density at radius 2 is 1.60 bits per heavy atom. The monoisotopic (exact) mass is 345 g/mol. The average Bonchev–Trinajstić information content (AvgIpc) is 2.64. The largest absolute Gasteiger partial charge is 0.481 e. The zero-order valence-electron chi connectivity index (χ0n) is 15.1. The lowest BCUT2D eigenvalue weighted by Gasteiger charge is -2.26. The first-order valence-corrected chi connectivity index (χ1v) is 9.65. The Balaban J connectivity index is 1.72. The highest BCUT2D eigenvalue weighted by Crippen LogP contribution is 2.30. The van der Waals surface area contributed by atoms with E-state index >= 15 is 0 Å². The van der Waals surface area contributed by atoms with Gasteiger partial charge in [-0.1, -0.05) is 37.1 Å². The number of nitrogens with two attached hydrogens (primary N) is 1. The van der Waals surface area contributed by atoms with Crippen LogP contribution in [-0.4, -0.2) is 23.4 Å². The highest BCUT2D eigenvalue weighted by Gasteiger charge is 2.26. The number of carbonyl (C=O) groups excluding carboxylic acids is 1. The fourth-order valence-electron chi connectivity index (χ4n) is 3.69. The van der Waals surface area contributed by atoms with Crippen molar-refractivity contribution in [2.75, 3.05) is 6.54 Å². The van der Waals surface area contributed by atoms with Crippen LogP contribution in [-0.2, 0) is 11.2 Å². The van der Waals surface area contributed by atoms with Crippen LogP contribution in [0.15, 0.2) is 24.3 Å². The van der Waals surface area contributed by atoms with Crippen LogP contribution in [0.4, 0.5) is 0 Å². The minimum absolute atomic E-state index is 0.169. The van der Waals surface area contributed by atoms with E-state index in [0.717, 1.165) is 69.9 Å². The molecule has 1 aliphatic carbocycles. The van der Waals surface area contributed by atoms with Gasteiger partial charge in [0.25, 0.3) is 0 Å². The van der Waals surface area contributed by atoms with E-state index in [0.29, 0.717) is 5.92 Å². The van der Waals surface area contributed by atoms with Crippen LogP contribution in [0.1, 0.15) is 73.7 Å². The highest BCUT2D eigenvalue weighted by atomic mass is 16.4. The molecule has 1 aromatic carbocycles. The van der Waals surface area contributed by atoms with Crippen molar-refractivity contribution in [1.82, 2.24) is 0 Å². The predicted molar refractivity (Wildman–Crippen MR) is 99.7 cm³/mol. The molecule has 4 heteroatoms. The molecule has 0 atom stereocenters. The van der Waals surface area contributed by atoms with Gasteiger partial charge in [0.05, 0.1) is 0 Å². The number of hydrogen-bond donors (Lipinski definition) is 2. The summed E-state index contributed by atoms with van der Waals surface area (Å²) in [5.74, 6) is 0.345. The quantitative estimate of drug-likeness (QED) is 0.491. The third kappa shape index (κ3) is 6.62. The number of aliphatic carboxylic acids is 1. The van der Waals surface area contributed by atoms with Gasteiger partial charge in [-0.25, -0.2) is 0 Å². The second-order valence-electron chi connectivity index (χ2n) is 7.32. The number of benzene rings is 1. The van der Waals surface area contributed by atoms with Crippen LogP contribution in [0.2, 0.25) is 0 Å². The lowest BCUT2D eigenvalue weighted by molar-refractivity contribution is -0.137. The normalized spacial score (nSPS) is 20.4. The Morgan fingerprint density at radius 1 is 0.960 bits per heavy atom. The maximum atomic E-state index is 12.6. The maximum absolute atomic E-state index is 12.6. The van der Waals surface area contributed by atoms with Gasteiger partial charge in [-0.3, -0.25) is 9.59 Å². The summed E-state index contributed by atoms with van der Waals surface area (Å²) in [6.07, 6.45) is 9.20. The molecule has 4 nitrogen and oxygen atoms in total. The molecule has 0 saturated heterocycles. The van der Waals surface area contributed by atoms with Crippen molar-refractivity contribution in [3.8, 4) is 0 Å². The summed E-state index contributed by atoms with van der Waals surface area (Å²) in [6.45, 7) is 0.742. The van der Waals surface area contributed by atoms with E-state index in [1.54, 1.807) is 0 Å². The minimum atomic E-state index is -0.711. The topological polar surface area (TPSA) is 80.4 Å². The van der Waals surface area contributed by atoms with Crippen LogP contribution < -0.4 is 5.73 Å². The van der Waals surface area contributed by atoms with Crippen LogP contribution in [0.25, 0.3) is 0 Å². The van der Waals surface area contributed by atoms with Gasteiger partial charge < -0.3 is 10.8 Å². The lowest BCUT2D eigenvalue weighted by Crippen LogP contribution is -2.25. The molecule has 0 unspecified atom stereocenters. The first kappa shape index (κ1) is 19.6. The summed E-state index contributed by atoms with van der Waals surface area (Å²) in [7, 11) is 0. The van der Waals surface area contributed by atoms with Crippen molar-refractivity contribution in [2.24, 2.45) is 17.6 Å². The number of Topliss-reactive ketones (excluding diaryl/α,β-unsaturated/α-hetero) is 1. The molecule has 0 spiro atoms. The van der Waals surface area contributed by atoms with E-state index < -0.39 is 5.97 Å². The van der Waals surface area contributed by atoms with E-state index in [4.69, 9.17) is 10.8 Å². The van der Waals surface area contributed by atoms with Gasteiger partial charge in [-0.2, -0.15) is 0 Å². The molecule has 3 N–H and O–H groups in total. The first-order valence-electron chi connectivity index (χ1n) is 9.65. The molecule has 0 aliphatic heterocycles. The molecular weight excluding hydrogens is 314 g/mol. The van der Waals surface area contributed by atoms with Crippen molar-refractivity contribution in [1.29, 1.82) is 0 Å². The Kier molecular flexibility index (Phi) is 8.13. The number of unbranched alkanes of at least 4 members (excludes halogenated alkanes) is 3. The molecule has 0 bridgehead atoms. The third-order valence-corrected chi connectivity index (χ3v) is 5.40. The Hall–Kier alpha value is -1.68. The fourth-order valence-corrected chi connectivity index (χ4v) is 3.69. The molecule has 0 aromatic heterocycles. The van der Waals surface area contributed by atoms with Gasteiger partial charge in [0.1, 0.15) is 0 Å². The Labute approximate surface area is 150 Å². The molecule has 1 aromatic rings. The number of ketones is 1. The predicted octanol–water partition coefficient (Wildman–Crippen LogP) is 4.21. The molecule has 1 aliphatic rings. The number of carboxylic acids is 1. The summed E-state index contributed by atoms with van der Waals surface area (Å²) in [5, 5.41) is 8.61. The number of carbonyl (C=O) groups is 2. The molecule has 138 valence electrons. The zero-order valence-corrected chi connectivity index (χ0v) is 15.1. The smallest absolute Gasteiger partial charge is 0.303 e. The Morgan fingerprint density at radius 3 is 2.20 bits per heavy atom. The van der Waals surface area contributed by atoms with Crippen LogP contribution in [0.5, 0.6) is 0 Å². The molecule has 25 heavy (non-hydrogen) atoms. The standard InChI is InChI=1S/C21H31NO3/c22-15-17-9-13-19(14-10-17)21(25)18-11-7-16(8-12-18)5-3-1-2-4-6-20(23)24/h7-8,11-12,17,19H,1-6,9-10,13-15,22H2,(H,23,24). The molecule has 0 heterocycles. The SMILES string of the molecule is NCC1CCC(C(=O)c2ccc(CCCCCCC(=O)O)cc2)CC1. The lowest BCUT2D eigenvalue weighted by atomic mass is 9.78. The van der Waals surface area contributed by atoms with Crippen molar-refractivity contribution in [2.45, 2.75) is 64.2 Å². The second-order valence-corrected chi connectivity index (χ2v) is 7.32. The van der Waals surface area contributed by atoms with Gasteiger partial charge in [0, 0.05) is 17.9 Å². The van der Waals surface area contributed by atoms with Crippen LogP contribution in [0, 0.1) is 11.8 Å². The van der Waals surface area contributed by atoms with Crippen LogP contribution >= 0.6 is 0 Å². The minimum Gasteiger partial charge on any atom is -0.481 e. The second kappa shape index (κ2) is 10.3. The van der Waals surface area contributed by atoms with E-state index in [1.165, 1.54) is 5.56 Å². The highest BCUT2D eigenvalue weighted by molar-refractivity contribution is 5.97. The van der Waals surface area contributed by atoms with Crippen molar-refractivity contribution >= 4 is 11.8 Å². The summed E-state index contributed by atoms with van der Waals surface area (Å²) in [6, 6.07) is 8.07. The Bertz CT molecular complexity index is 545. The third-order valence-electron chi connectivity index (χ3n) is 5.40. The van der Waals surface area contributed by atoms with Gasteiger partial charge in [0.15, 0.2) is 5.78 Å². The summed E-state index contributed by atoms with van der Waals surface area (Å²) in [4.78, 5) is 23.1. The molecule has 2 rings (SSSR count). The molecule has 0 radical (unpaired) electrons. The zero-order chi connectivity index (χ0) is 18.1. The summed E-state index contributed by atoms with van der Waals surface area (Å²) < 4.78 is 0. The maximum Gasteiger partial charge on any atom is 0.303 e. The van der Waals surface area contributed by atoms with E-state index in [-0.39, 0.29) is 18.1 Å². The van der Waals surface area contributed by atoms with E-state index in [9.17, 15) is 9.59 Å². The van der Waals surface area contributed by atoms with Crippen LogP contribution in [0.3, 0.4) is 0 Å². The van der Waals surface area contributed by atoms with Gasteiger partial charge in [-0.05, 0) is 63.0 Å². The average molecular weight is 345 g/mol. The van der Waals surface area contributed by atoms with Gasteiger partial charge >= 0.3 is 5.97 Å². The molecule has 1 saturated carbocycles. The fraction of sp³-hybridized carbons (Fsp3) is 0.619. The number of aryl methyl sites for hydroxylation is 1. The number of rotatable bonds is 10. The summed E-state index contributed by atoms with van der Waals surface area (Å²) >= 11 is 0. The van der Waals surface area contributed by atoms with E-state index in [2.05, 4.69) is 12.1 Å². The molecule has 1 fully saturated rings. The van der Waals surface area contributed by atoms with E-state index in [1.807, 2.05) is 12.1 Å².